The van der Waals surface area contributed by atoms with Crippen molar-refractivity contribution in [1.82, 2.24) is 14.8 Å². The second-order valence-corrected chi connectivity index (χ2v) is 3.89. The number of hydrogen-bond acceptors (Lipinski definition) is 3. The summed E-state index contributed by atoms with van der Waals surface area (Å²) < 4.78 is 1.70. The van der Waals surface area contributed by atoms with Crippen LogP contribution in [0.25, 0.3) is 0 Å². The van der Waals surface area contributed by atoms with Crippen molar-refractivity contribution in [3.8, 4) is 0 Å². The molecule has 0 unspecified atom stereocenters. The lowest BCUT2D eigenvalue weighted by atomic mass is 10.0. The lowest BCUT2D eigenvalue weighted by Gasteiger charge is -2.15. The molecule has 4 nitrogen and oxygen atoms in total. The molecule has 2 rings (SSSR count). The molecule has 0 bridgehead atoms. The average Bonchev–Trinajstić information content (AvgIpc) is 2.72. The van der Waals surface area contributed by atoms with Crippen molar-refractivity contribution >= 4 is 5.78 Å². The van der Waals surface area contributed by atoms with E-state index in [2.05, 4.69) is 10.1 Å². The van der Waals surface area contributed by atoms with Gasteiger partial charge in [-0.1, -0.05) is 13.8 Å². The minimum atomic E-state index is -0.343. The number of aromatic nitrogens is 3. The van der Waals surface area contributed by atoms with Gasteiger partial charge in [0.1, 0.15) is 18.2 Å². The zero-order valence-corrected chi connectivity index (χ0v) is 7.90. The zero-order chi connectivity index (χ0) is 9.47. The fourth-order valence-corrected chi connectivity index (χ4v) is 1.67. The predicted molar refractivity (Wildman–Crippen MR) is 47.1 cm³/mol. The normalized spacial score (nSPS) is 19.0. The highest BCUT2D eigenvalue weighted by Crippen LogP contribution is 2.45. The molecule has 0 spiro atoms. The number of nitrogens with zero attached hydrogens (tertiary/aromatic N) is 3. The molecule has 0 aromatic carbocycles. The van der Waals surface area contributed by atoms with E-state index >= 15 is 0 Å². The van der Waals surface area contributed by atoms with E-state index in [4.69, 9.17) is 0 Å². The second kappa shape index (κ2) is 2.65. The number of ketones is 1. The predicted octanol–water partition coefficient (Wildman–Crippen LogP) is 0.992. The van der Waals surface area contributed by atoms with Crippen molar-refractivity contribution < 1.29 is 4.79 Å². The van der Waals surface area contributed by atoms with E-state index < -0.39 is 0 Å². The Bertz CT molecular complexity index is 312. The third kappa shape index (κ3) is 1.17. The van der Waals surface area contributed by atoms with E-state index in [0.29, 0.717) is 0 Å². The smallest absolute Gasteiger partial charge is 0.163 e. The SMILES string of the molecule is CC(C)C(=O)C1(n2cncn2)CC1. The van der Waals surface area contributed by atoms with Gasteiger partial charge >= 0.3 is 0 Å². The highest BCUT2D eigenvalue weighted by Gasteiger charge is 2.52. The number of rotatable bonds is 3. The Morgan fingerprint density at radius 3 is 2.62 bits per heavy atom. The summed E-state index contributed by atoms with van der Waals surface area (Å²) >= 11 is 0. The van der Waals surface area contributed by atoms with Crippen molar-refractivity contribution in [2.45, 2.75) is 32.2 Å². The molecule has 0 saturated heterocycles. The average molecular weight is 179 g/mol. The highest BCUT2D eigenvalue weighted by atomic mass is 16.1. The topological polar surface area (TPSA) is 47.8 Å². The summed E-state index contributed by atoms with van der Waals surface area (Å²) in [6, 6.07) is 0. The van der Waals surface area contributed by atoms with Crippen molar-refractivity contribution in [2.75, 3.05) is 0 Å². The summed E-state index contributed by atoms with van der Waals surface area (Å²) in [7, 11) is 0. The van der Waals surface area contributed by atoms with Gasteiger partial charge < -0.3 is 0 Å². The van der Waals surface area contributed by atoms with E-state index in [1.54, 1.807) is 11.0 Å². The Balaban J connectivity index is 2.27. The van der Waals surface area contributed by atoms with Crippen LogP contribution in [-0.4, -0.2) is 20.5 Å². The van der Waals surface area contributed by atoms with Crippen LogP contribution in [0.15, 0.2) is 12.7 Å². The number of Topliss-reactive ketones (excluding diaryl/α,β-unsaturated/α-hetero) is 1. The molecule has 1 saturated carbocycles. The molecule has 0 N–H and O–H groups in total. The van der Waals surface area contributed by atoms with Crippen LogP contribution in [-0.2, 0) is 10.3 Å². The van der Waals surface area contributed by atoms with Gasteiger partial charge in [0.2, 0.25) is 0 Å². The van der Waals surface area contributed by atoms with Gasteiger partial charge in [-0.2, -0.15) is 5.10 Å². The molecule has 0 radical (unpaired) electrons. The molecule has 4 heteroatoms. The molecule has 1 aliphatic carbocycles. The Kier molecular flexibility index (Phi) is 1.71. The standard InChI is InChI=1S/C9H13N3O/c1-7(2)8(13)9(3-4-9)12-6-10-5-11-12/h5-7H,3-4H2,1-2H3. The Morgan fingerprint density at radius 2 is 2.23 bits per heavy atom. The molecular formula is C9H13N3O. The quantitative estimate of drug-likeness (QED) is 0.695. The molecule has 1 aromatic rings. The molecule has 0 amide bonds. The summed E-state index contributed by atoms with van der Waals surface area (Å²) in [6.07, 6.45) is 4.93. The molecule has 1 fully saturated rings. The lowest BCUT2D eigenvalue weighted by molar-refractivity contribution is -0.126. The van der Waals surface area contributed by atoms with Crippen LogP contribution in [0.5, 0.6) is 0 Å². The van der Waals surface area contributed by atoms with Crippen LogP contribution in [0.1, 0.15) is 26.7 Å². The lowest BCUT2D eigenvalue weighted by Crippen LogP contribution is -2.31. The second-order valence-electron chi connectivity index (χ2n) is 3.89. The molecule has 1 aromatic heterocycles. The number of hydrogen-bond donors (Lipinski definition) is 0. The summed E-state index contributed by atoms with van der Waals surface area (Å²) in [5.74, 6) is 0.352. The fraction of sp³-hybridized carbons (Fsp3) is 0.667. The Hall–Kier alpha value is -1.19. The first-order chi connectivity index (χ1) is 6.17. The van der Waals surface area contributed by atoms with E-state index in [-0.39, 0.29) is 17.2 Å². The Morgan fingerprint density at radius 1 is 1.54 bits per heavy atom. The molecule has 70 valence electrons. The van der Waals surface area contributed by atoms with Crippen molar-refractivity contribution in [2.24, 2.45) is 5.92 Å². The molecule has 0 atom stereocenters. The van der Waals surface area contributed by atoms with Gasteiger partial charge in [-0.3, -0.25) is 4.79 Å². The number of carbonyl (C=O) groups is 1. The maximum atomic E-state index is 11.8. The molecule has 13 heavy (non-hydrogen) atoms. The van der Waals surface area contributed by atoms with Gasteiger partial charge in [0.25, 0.3) is 0 Å². The zero-order valence-electron chi connectivity index (χ0n) is 7.90. The van der Waals surface area contributed by atoms with E-state index in [9.17, 15) is 4.79 Å². The molecule has 1 aliphatic rings. The molecule has 1 heterocycles. The first-order valence-corrected chi connectivity index (χ1v) is 4.56. The minimum Gasteiger partial charge on any atom is -0.297 e. The summed E-state index contributed by atoms with van der Waals surface area (Å²) in [5.41, 5.74) is -0.343. The maximum absolute atomic E-state index is 11.8. The highest BCUT2D eigenvalue weighted by molar-refractivity contribution is 5.90. The van der Waals surface area contributed by atoms with Crippen LogP contribution in [0.2, 0.25) is 0 Å². The maximum Gasteiger partial charge on any atom is 0.163 e. The Labute approximate surface area is 77.0 Å². The van der Waals surface area contributed by atoms with Gasteiger partial charge in [0.15, 0.2) is 5.78 Å². The summed E-state index contributed by atoms with van der Waals surface area (Å²) in [6.45, 7) is 3.86. The van der Waals surface area contributed by atoms with Gasteiger partial charge in [0.05, 0.1) is 0 Å². The van der Waals surface area contributed by atoms with Crippen molar-refractivity contribution in [1.29, 1.82) is 0 Å². The third-order valence-corrected chi connectivity index (χ3v) is 2.56. The minimum absolute atomic E-state index is 0.0756. The van der Waals surface area contributed by atoms with Crippen molar-refractivity contribution in [3.63, 3.8) is 0 Å². The first kappa shape index (κ1) is 8.41. The van der Waals surface area contributed by atoms with E-state index in [1.165, 1.54) is 6.33 Å². The third-order valence-electron chi connectivity index (χ3n) is 2.56. The first-order valence-electron chi connectivity index (χ1n) is 4.56. The monoisotopic (exact) mass is 179 g/mol. The van der Waals surface area contributed by atoms with E-state index in [0.717, 1.165) is 12.8 Å². The van der Waals surface area contributed by atoms with Crippen LogP contribution < -0.4 is 0 Å². The molecular weight excluding hydrogens is 166 g/mol. The van der Waals surface area contributed by atoms with Gasteiger partial charge in [-0.05, 0) is 12.8 Å². The number of carbonyl (C=O) groups excluding carboxylic acids is 1. The van der Waals surface area contributed by atoms with Crippen LogP contribution in [0.4, 0.5) is 0 Å². The van der Waals surface area contributed by atoms with E-state index in [1.807, 2.05) is 13.8 Å². The summed E-state index contributed by atoms with van der Waals surface area (Å²) in [5, 5.41) is 4.04. The van der Waals surface area contributed by atoms with Crippen LogP contribution in [0.3, 0.4) is 0 Å². The van der Waals surface area contributed by atoms with Gasteiger partial charge in [0, 0.05) is 5.92 Å². The van der Waals surface area contributed by atoms with Crippen LogP contribution >= 0.6 is 0 Å². The van der Waals surface area contributed by atoms with Crippen molar-refractivity contribution in [3.05, 3.63) is 12.7 Å². The van der Waals surface area contributed by atoms with Crippen LogP contribution in [0, 0.1) is 5.92 Å². The fourth-order valence-electron chi connectivity index (χ4n) is 1.67. The summed E-state index contributed by atoms with van der Waals surface area (Å²) in [4.78, 5) is 15.7. The van der Waals surface area contributed by atoms with Gasteiger partial charge in [-0.15, -0.1) is 0 Å². The van der Waals surface area contributed by atoms with Gasteiger partial charge in [-0.25, -0.2) is 9.67 Å². The molecule has 0 aliphatic heterocycles. The largest absolute Gasteiger partial charge is 0.297 e.